The van der Waals surface area contributed by atoms with Crippen LogP contribution in [-0.2, 0) is 11.2 Å². The smallest absolute Gasteiger partial charge is 0.328 e. The standard InChI is InChI=1S/C14H16O4/c1-14(2)9-10-5-3-6-11(13(10)18-14)17-8-4-7-12(15)16/h3-7H,8-9H2,1-2H3,(H,15,16)/b7-4+. The highest BCUT2D eigenvalue weighted by Gasteiger charge is 2.32. The molecular formula is C14H16O4. The van der Waals surface area contributed by atoms with E-state index in [0.29, 0.717) is 5.75 Å². The van der Waals surface area contributed by atoms with Crippen LogP contribution in [0, 0.1) is 0 Å². The molecule has 2 rings (SSSR count). The van der Waals surface area contributed by atoms with Gasteiger partial charge in [-0.3, -0.25) is 0 Å². The molecule has 0 amide bonds. The van der Waals surface area contributed by atoms with E-state index in [4.69, 9.17) is 14.6 Å². The topological polar surface area (TPSA) is 55.8 Å². The SMILES string of the molecule is CC1(C)Cc2cccc(OC/C=C/C(=O)O)c2O1. The van der Waals surface area contributed by atoms with Crippen molar-refractivity contribution in [2.75, 3.05) is 6.61 Å². The molecule has 0 fully saturated rings. The minimum Gasteiger partial charge on any atom is -0.486 e. The zero-order valence-electron chi connectivity index (χ0n) is 10.5. The lowest BCUT2D eigenvalue weighted by Gasteiger charge is -2.18. The Balaban J connectivity index is 2.08. The fourth-order valence-electron chi connectivity index (χ4n) is 1.99. The first-order valence-corrected chi connectivity index (χ1v) is 5.81. The average molecular weight is 248 g/mol. The van der Waals surface area contributed by atoms with E-state index in [1.807, 2.05) is 32.0 Å². The van der Waals surface area contributed by atoms with Crippen molar-refractivity contribution in [3.8, 4) is 11.5 Å². The molecule has 1 aliphatic rings. The number of carboxylic acids is 1. The Bertz CT molecular complexity index is 489. The molecule has 1 aromatic carbocycles. The van der Waals surface area contributed by atoms with Crippen LogP contribution >= 0.6 is 0 Å². The monoisotopic (exact) mass is 248 g/mol. The minimum absolute atomic E-state index is 0.210. The second kappa shape index (κ2) is 4.72. The van der Waals surface area contributed by atoms with Crippen LogP contribution in [0.2, 0.25) is 0 Å². The number of carbonyl (C=O) groups is 1. The third kappa shape index (κ3) is 2.83. The minimum atomic E-state index is -0.978. The highest BCUT2D eigenvalue weighted by molar-refractivity contribution is 5.79. The molecule has 0 bridgehead atoms. The molecule has 4 nitrogen and oxygen atoms in total. The molecule has 0 radical (unpaired) electrons. The number of carboxylic acid groups (broad SMARTS) is 1. The van der Waals surface area contributed by atoms with E-state index >= 15 is 0 Å². The predicted molar refractivity (Wildman–Crippen MR) is 67.1 cm³/mol. The molecule has 18 heavy (non-hydrogen) atoms. The van der Waals surface area contributed by atoms with Crippen LogP contribution in [0.1, 0.15) is 19.4 Å². The lowest BCUT2D eigenvalue weighted by Crippen LogP contribution is -2.24. The summed E-state index contributed by atoms with van der Waals surface area (Å²) in [5, 5.41) is 8.47. The number of hydrogen-bond acceptors (Lipinski definition) is 3. The predicted octanol–water partition coefficient (Wildman–Crippen LogP) is 2.42. The van der Waals surface area contributed by atoms with Crippen molar-refractivity contribution < 1.29 is 19.4 Å². The molecule has 0 aromatic heterocycles. The van der Waals surface area contributed by atoms with Crippen molar-refractivity contribution in [1.29, 1.82) is 0 Å². The molecule has 1 N–H and O–H groups in total. The summed E-state index contributed by atoms with van der Waals surface area (Å²) in [5.74, 6) is 0.452. The highest BCUT2D eigenvalue weighted by Crippen LogP contribution is 2.41. The van der Waals surface area contributed by atoms with Crippen LogP contribution in [0.4, 0.5) is 0 Å². The van der Waals surface area contributed by atoms with Crippen molar-refractivity contribution >= 4 is 5.97 Å². The highest BCUT2D eigenvalue weighted by atomic mass is 16.5. The van der Waals surface area contributed by atoms with Gasteiger partial charge in [0.15, 0.2) is 11.5 Å². The maximum absolute atomic E-state index is 10.3. The molecule has 1 heterocycles. The third-order valence-electron chi connectivity index (χ3n) is 2.65. The lowest BCUT2D eigenvalue weighted by atomic mass is 10.0. The number of aliphatic carboxylic acids is 1. The van der Waals surface area contributed by atoms with Crippen molar-refractivity contribution in [2.24, 2.45) is 0 Å². The molecular weight excluding hydrogens is 232 g/mol. The largest absolute Gasteiger partial charge is 0.486 e. The number of ether oxygens (including phenoxy) is 2. The van der Waals surface area contributed by atoms with E-state index in [1.54, 1.807) is 0 Å². The van der Waals surface area contributed by atoms with Gasteiger partial charge in [-0.15, -0.1) is 0 Å². The van der Waals surface area contributed by atoms with Gasteiger partial charge in [-0.25, -0.2) is 4.79 Å². The second-order valence-electron chi connectivity index (χ2n) is 4.83. The summed E-state index contributed by atoms with van der Waals surface area (Å²) in [6.07, 6.45) is 3.38. The number of para-hydroxylation sites is 1. The fourth-order valence-corrected chi connectivity index (χ4v) is 1.99. The molecule has 96 valence electrons. The first kappa shape index (κ1) is 12.5. The van der Waals surface area contributed by atoms with Crippen molar-refractivity contribution in [3.63, 3.8) is 0 Å². The van der Waals surface area contributed by atoms with Crippen LogP contribution < -0.4 is 9.47 Å². The van der Waals surface area contributed by atoms with E-state index in [9.17, 15) is 4.79 Å². The summed E-state index contributed by atoms with van der Waals surface area (Å²) in [6, 6.07) is 5.76. The first-order valence-electron chi connectivity index (χ1n) is 5.81. The Morgan fingerprint density at radius 1 is 1.56 bits per heavy atom. The molecule has 0 saturated heterocycles. The summed E-state index contributed by atoms with van der Waals surface area (Å²) in [7, 11) is 0. The van der Waals surface area contributed by atoms with Gasteiger partial charge in [-0.1, -0.05) is 12.1 Å². The van der Waals surface area contributed by atoms with E-state index in [0.717, 1.165) is 23.8 Å². The van der Waals surface area contributed by atoms with E-state index in [1.165, 1.54) is 6.08 Å². The van der Waals surface area contributed by atoms with Gasteiger partial charge in [0.1, 0.15) is 12.2 Å². The first-order chi connectivity index (χ1) is 8.48. The third-order valence-corrected chi connectivity index (χ3v) is 2.65. The summed E-state index contributed by atoms with van der Waals surface area (Å²) < 4.78 is 11.4. The molecule has 0 aliphatic carbocycles. The van der Waals surface area contributed by atoms with Gasteiger partial charge in [-0.2, -0.15) is 0 Å². The average Bonchev–Trinajstić information content (AvgIpc) is 2.58. The summed E-state index contributed by atoms with van der Waals surface area (Å²) in [4.78, 5) is 10.3. The maximum atomic E-state index is 10.3. The fraction of sp³-hybridized carbons (Fsp3) is 0.357. The molecule has 1 aromatic rings. The van der Waals surface area contributed by atoms with Gasteiger partial charge in [0.25, 0.3) is 0 Å². The molecule has 0 atom stereocenters. The van der Waals surface area contributed by atoms with Crippen LogP contribution in [0.3, 0.4) is 0 Å². The van der Waals surface area contributed by atoms with Gasteiger partial charge in [-0.05, 0) is 26.0 Å². The molecule has 0 spiro atoms. The van der Waals surface area contributed by atoms with E-state index in [2.05, 4.69) is 0 Å². The quantitative estimate of drug-likeness (QED) is 0.831. The lowest BCUT2D eigenvalue weighted by molar-refractivity contribution is -0.131. The van der Waals surface area contributed by atoms with Gasteiger partial charge in [0, 0.05) is 18.1 Å². The Morgan fingerprint density at radius 2 is 2.33 bits per heavy atom. The number of fused-ring (bicyclic) bond motifs is 1. The van der Waals surface area contributed by atoms with Gasteiger partial charge in [0.2, 0.25) is 0 Å². The molecule has 1 aliphatic heterocycles. The Kier molecular flexibility index (Phi) is 3.28. The van der Waals surface area contributed by atoms with Crippen molar-refractivity contribution in [1.82, 2.24) is 0 Å². The van der Waals surface area contributed by atoms with Crippen LogP contribution in [0.15, 0.2) is 30.4 Å². The number of rotatable bonds is 4. The second-order valence-corrected chi connectivity index (χ2v) is 4.83. The number of benzene rings is 1. The zero-order valence-corrected chi connectivity index (χ0v) is 10.5. The van der Waals surface area contributed by atoms with Crippen LogP contribution in [-0.4, -0.2) is 23.3 Å². The Labute approximate surface area is 106 Å². The number of hydrogen-bond donors (Lipinski definition) is 1. The molecule has 0 unspecified atom stereocenters. The molecule has 0 saturated carbocycles. The van der Waals surface area contributed by atoms with Gasteiger partial charge < -0.3 is 14.6 Å². The Morgan fingerprint density at radius 3 is 3.06 bits per heavy atom. The molecule has 4 heteroatoms. The zero-order chi connectivity index (χ0) is 13.2. The van der Waals surface area contributed by atoms with E-state index in [-0.39, 0.29) is 12.2 Å². The van der Waals surface area contributed by atoms with E-state index < -0.39 is 5.97 Å². The Hall–Kier alpha value is -1.97. The van der Waals surface area contributed by atoms with Crippen LogP contribution in [0.5, 0.6) is 11.5 Å². The summed E-state index contributed by atoms with van der Waals surface area (Å²) in [5.41, 5.74) is 0.915. The van der Waals surface area contributed by atoms with Crippen molar-refractivity contribution in [3.05, 3.63) is 35.9 Å². The van der Waals surface area contributed by atoms with Gasteiger partial charge >= 0.3 is 5.97 Å². The summed E-state index contributed by atoms with van der Waals surface area (Å²) in [6.45, 7) is 4.27. The van der Waals surface area contributed by atoms with Crippen LogP contribution in [0.25, 0.3) is 0 Å². The van der Waals surface area contributed by atoms with Crippen molar-refractivity contribution in [2.45, 2.75) is 25.9 Å². The normalized spacial score (nSPS) is 16.3. The maximum Gasteiger partial charge on any atom is 0.328 e. The summed E-state index contributed by atoms with van der Waals surface area (Å²) >= 11 is 0. The van der Waals surface area contributed by atoms with Gasteiger partial charge in [0.05, 0.1) is 0 Å².